The zero-order valence-corrected chi connectivity index (χ0v) is 13.1. The highest BCUT2D eigenvalue weighted by Gasteiger charge is 2.11. The van der Waals surface area contributed by atoms with Crippen LogP contribution in [-0.2, 0) is 13.0 Å². The van der Waals surface area contributed by atoms with E-state index in [1.165, 1.54) is 12.1 Å². The molecule has 4 aromatic rings. The number of nitrogens with zero attached hydrogens (tertiary/aromatic N) is 4. The van der Waals surface area contributed by atoms with Crippen molar-refractivity contribution in [2.75, 3.05) is 0 Å². The van der Waals surface area contributed by atoms with Crippen molar-refractivity contribution in [2.24, 2.45) is 0 Å². The number of aryl methyl sites for hydroxylation is 1. The third-order valence-electron chi connectivity index (χ3n) is 3.96. The third-order valence-corrected chi connectivity index (χ3v) is 3.96. The van der Waals surface area contributed by atoms with Crippen molar-refractivity contribution >= 4 is 11.0 Å². The van der Waals surface area contributed by atoms with Crippen LogP contribution in [-0.4, -0.2) is 19.7 Å². The van der Waals surface area contributed by atoms with Crippen LogP contribution in [0.1, 0.15) is 18.4 Å². The first kappa shape index (κ1) is 14.6. The highest BCUT2D eigenvalue weighted by molar-refractivity contribution is 5.80. The van der Waals surface area contributed by atoms with Crippen molar-refractivity contribution < 1.29 is 8.91 Å². The number of aromatic nitrogens is 4. The maximum Gasteiger partial charge on any atom is 0.231 e. The summed E-state index contributed by atoms with van der Waals surface area (Å²) in [5.41, 5.74) is 3.76. The van der Waals surface area contributed by atoms with Gasteiger partial charge in [0.1, 0.15) is 5.82 Å². The predicted molar refractivity (Wildman–Crippen MR) is 87.9 cm³/mol. The van der Waals surface area contributed by atoms with Gasteiger partial charge < -0.3 is 9.09 Å². The van der Waals surface area contributed by atoms with E-state index in [4.69, 9.17) is 4.52 Å². The molecule has 6 heteroatoms. The van der Waals surface area contributed by atoms with Gasteiger partial charge in [-0.1, -0.05) is 17.3 Å². The van der Waals surface area contributed by atoms with Crippen LogP contribution in [0, 0.1) is 5.82 Å². The Labute approximate surface area is 137 Å². The van der Waals surface area contributed by atoms with Crippen LogP contribution < -0.4 is 0 Å². The molecule has 2 aromatic carbocycles. The molecule has 0 fully saturated rings. The van der Waals surface area contributed by atoms with Gasteiger partial charge in [0, 0.05) is 12.1 Å². The molecule has 0 unspecified atom stereocenters. The van der Waals surface area contributed by atoms with Gasteiger partial charge in [-0.05, 0) is 42.8 Å². The van der Waals surface area contributed by atoms with Gasteiger partial charge >= 0.3 is 0 Å². The fourth-order valence-corrected chi connectivity index (χ4v) is 2.68. The number of hydrogen-bond acceptors (Lipinski definition) is 4. The zero-order chi connectivity index (χ0) is 16.5. The summed E-state index contributed by atoms with van der Waals surface area (Å²) in [6.45, 7) is 2.95. The van der Waals surface area contributed by atoms with E-state index >= 15 is 0 Å². The van der Waals surface area contributed by atoms with Crippen LogP contribution in [0.3, 0.4) is 0 Å². The highest BCUT2D eigenvalue weighted by Crippen LogP contribution is 2.22. The number of rotatable bonds is 4. The summed E-state index contributed by atoms with van der Waals surface area (Å²) in [6, 6.07) is 12.2. The van der Waals surface area contributed by atoms with Gasteiger partial charge in [0.15, 0.2) is 0 Å². The normalized spacial score (nSPS) is 11.2. The molecule has 5 nitrogen and oxygen atoms in total. The summed E-state index contributed by atoms with van der Waals surface area (Å²) in [7, 11) is 0. The molecule has 0 aliphatic heterocycles. The van der Waals surface area contributed by atoms with E-state index in [2.05, 4.69) is 26.6 Å². The summed E-state index contributed by atoms with van der Waals surface area (Å²) in [5.74, 6) is 0.764. The summed E-state index contributed by atoms with van der Waals surface area (Å²) in [6.07, 6.45) is 2.30. The van der Waals surface area contributed by atoms with Crippen molar-refractivity contribution in [3.63, 3.8) is 0 Å². The van der Waals surface area contributed by atoms with E-state index < -0.39 is 0 Å². The number of benzene rings is 2. The number of hydrogen-bond donors (Lipinski definition) is 0. The molecule has 0 saturated heterocycles. The first-order valence-corrected chi connectivity index (χ1v) is 7.75. The summed E-state index contributed by atoms with van der Waals surface area (Å²) >= 11 is 0. The lowest BCUT2D eigenvalue weighted by Gasteiger charge is -1.99. The van der Waals surface area contributed by atoms with Crippen molar-refractivity contribution in [1.82, 2.24) is 19.7 Å². The lowest BCUT2D eigenvalue weighted by Crippen LogP contribution is -1.91. The van der Waals surface area contributed by atoms with Crippen molar-refractivity contribution in [2.45, 2.75) is 19.9 Å². The first-order valence-electron chi connectivity index (χ1n) is 7.75. The molecule has 0 N–H and O–H groups in total. The lowest BCUT2D eigenvalue weighted by molar-refractivity contribution is 0.385. The van der Waals surface area contributed by atoms with Gasteiger partial charge in [-0.3, -0.25) is 0 Å². The highest BCUT2D eigenvalue weighted by atomic mass is 19.1. The largest absolute Gasteiger partial charge is 0.339 e. The minimum Gasteiger partial charge on any atom is -0.339 e. The fraction of sp³-hybridized carbons (Fsp3) is 0.167. The quantitative estimate of drug-likeness (QED) is 0.573. The minimum atomic E-state index is -0.259. The standard InChI is InChI=1S/C18H15FN4O/c1-2-23-11-20-15-10-13(5-8-16(15)23)18-21-17(24-22-18)9-12-3-6-14(19)7-4-12/h3-8,10-11H,2,9H2,1H3. The van der Waals surface area contributed by atoms with Crippen LogP contribution in [0.25, 0.3) is 22.4 Å². The second-order valence-corrected chi connectivity index (χ2v) is 5.55. The minimum absolute atomic E-state index is 0.259. The zero-order valence-electron chi connectivity index (χ0n) is 13.1. The molecule has 2 aromatic heterocycles. The van der Waals surface area contributed by atoms with Gasteiger partial charge in [0.25, 0.3) is 0 Å². The summed E-state index contributed by atoms with van der Waals surface area (Å²) in [4.78, 5) is 8.83. The van der Waals surface area contributed by atoms with Crippen LogP contribution >= 0.6 is 0 Å². The molecule has 0 aliphatic rings. The molecule has 24 heavy (non-hydrogen) atoms. The molecule has 0 atom stereocenters. The second-order valence-electron chi connectivity index (χ2n) is 5.55. The number of fused-ring (bicyclic) bond motifs is 1. The molecule has 0 spiro atoms. The molecule has 0 bridgehead atoms. The fourth-order valence-electron chi connectivity index (χ4n) is 2.68. The molecular formula is C18H15FN4O. The SMILES string of the molecule is CCn1cnc2cc(-c3noc(Cc4ccc(F)cc4)n3)ccc21. The van der Waals surface area contributed by atoms with E-state index in [1.54, 1.807) is 12.1 Å². The van der Waals surface area contributed by atoms with Crippen molar-refractivity contribution in [3.8, 4) is 11.4 Å². The average Bonchev–Trinajstić information content (AvgIpc) is 3.23. The van der Waals surface area contributed by atoms with Gasteiger partial charge in [-0.2, -0.15) is 4.98 Å². The topological polar surface area (TPSA) is 56.7 Å². The van der Waals surface area contributed by atoms with Gasteiger partial charge in [-0.15, -0.1) is 0 Å². The van der Waals surface area contributed by atoms with Crippen LogP contribution in [0.15, 0.2) is 53.3 Å². The van der Waals surface area contributed by atoms with Crippen LogP contribution in [0.4, 0.5) is 4.39 Å². The molecule has 2 heterocycles. The molecule has 0 radical (unpaired) electrons. The van der Waals surface area contributed by atoms with E-state index in [1.807, 2.05) is 24.5 Å². The van der Waals surface area contributed by atoms with E-state index in [9.17, 15) is 4.39 Å². The monoisotopic (exact) mass is 322 g/mol. The second kappa shape index (κ2) is 5.88. The average molecular weight is 322 g/mol. The Balaban J connectivity index is 1.61. The third kappa shape index (κ3) is 2.67. The molecule has 0 saturated carbocycles. The number of imidazole rings is 1. The Morgan fingerprint density at radius 3 is 2.75 bits per heavy atom. The molecule has 0 amide bonds. The Hall–Kier alpha value is -3.02. The Morgan fingerprint density at radius 1 is 1.12 bits per heavy atom. The lowest BCUT2D eigenvalue weighted by atomic mass is 10.1. The van der Waals surface area contributed by atoms with Gasteiger partial charge in [0.05, 0.1) is 23.8 Å². The molecule has 0 aliphatic carbocycles. The Bertz CT molecular complexity index is 988. The van der Waals surface area contributed by atoms with E-state index in [-0.39, 0.29) is 5.82 Å². The maximum atomic E-state index is 12.9. The predicted octanol–water partition coefficient (Wildman–Crippen LogP) is 3.84. The molecule has 4 rings (SSSR count). The van der Waals surface area contributed by atoms with Gasteiger partial charge in [0.2, 0.25) is 11.7 Å². The van der Waals surface area contributed by atoms with Gasteiger partial charge in [-0.25, -0.2) is 9.37 Å². The molecule has 120 valence electrons. The maximum absolute atomic E-state index is 12.9. The van der Waals surface area contributed by atoms with Crippen molar-refractivity contribution in [1.29, 1.82) is 0 Å². The smallest absolute Gasteiger partial charge is 0.231 e. The van der Waals surface area contributed by atoms with Crippen molar-refractivity contribution in [3.05, 3.63) is 66.1 Å². The molecular weight excluding hydrogens is 307 g/mol. The first-order chi connectivity index (χ1) is 11.7. The van der Waals surface area contributed by atoms with Crippen LogP contribution in [0.5, 0.6) is 0 Å². The summed E-state index contributed by atoms with van der Waals surface area (Å²) < 4.78 is 20.3. The van der Waals surface area contributed by atoms with E-state index in [0.717, 1.165) is 28.7 Å². The van der Waals surface area contributed by atoms with Crippen LogP contribution in [0.2, 0.25) is 0 Å². The number of halogens is 1. The Kier molecular flexibility index (Phi) is 3.57. The summed E-state index contributed by atoms with van der Waals surface area (Å²) in [5, 5.41) is 4.04. The van der Waals surface area contributed by atoms with E-state index in [0.29, 0.717) is 18.1 Å². The Morgan fingerprint density at radius 2 is 1.96 bits per heavy atom.